The second-order valence-electron chi connectivity index (χ2n) is 4.53. The first kappa shape index (κ1) is 12.4. The first-order chi connectivity index (χ1) is 9.66. The van der Waals surface area contributed by atoms with Gasteiger partial charge in [-0.2, -0.15) is 0 Å². The third kappa shape index (κ3) is 2.04. The maximum Gasteiger partial charge on any atom is 0.275 e. The SMILES string of the molecule is CN(C(=O)c1cocn1)C1CN(C(=O)c2cocn2)C1. The fourth-order valence-corrected chi connectivity index (χ4v) is 2.01. The Morgan fingerprint density at radius 1 is 1.20 bits per heavy atom. The molecule has 0 bridgehead atoms. The number of hydrogen-bond acceptors (Lipinski definition) is 6. The van der Waals surface area contributed by atoms with E-state index in [0.717, 1.165) is 0 Å². The molecule has 1 fully saturated rings. The third-order valence-corrected chi connectivity index (χ3v) is 3.32. The number of carbonyl (C=O) groups is 2. The van der Waals surface area contributed by atoms with Crippen molar-refractivity contribution < 1.29 is 18.4 Å². The van der Waals surface area contributed by atoms with Crippen LogP contribution < -0.4 is 0 Å². The monoisotopic (exact) mass is 276 g/mol. The number of likely N-dealkylation sites (tertiary alicyclic amines) is 1. The molecular formula is C12H12N4O4. The van der Waals surface area contributed by atoms with E-state index < -0.39 is 0 Å². The molecule has 8 nitrogen and oxygen atoms in total. The van der Waals surface area contributed by atoms with Gasteiger partial charge in [-0.3, -0.25) is 9.59 Å². The summed E-state index contributed by atoms with van der Waals surface area (Å²) >= 11 is 0. The Balaban J connectivity index is 1.58. The molecule has 2 aromatic heterocycles. The van der Waals surface area contributed by atoms with Crippen LogP contribution in [0.1, 0.15) is 21.0 Å². The highest BCUT2D eigenvalue weighted by Crippen LogP contribution is 2.18. The molecule has 8 heteroatoms. The lowest BCUT2D eigenvalue weighted by Crippen LogP contribution is -2.61. The van der Waals surface area contributed by atoms with Crippen molar-refractivity contribution in [1.82, 2.24) is 19.8 Å². The molecule has 20 heavy (non-hydrogen) atoms. The number of aromatic nitrogens is 2. The van der Waals surface area contributed by atoms with E-state index in [4.69, 9.17) is 8.83 Å². The number of likely N-dealkylation sites (N-methyl/N-ethyl adjacent to an activating group) is 1. The van der Waals surface area contributed by atoms with Gasteiger partial charge in [0.15, 0.2) is 24.2 Å². The number of carbonyl (C=O) groups excluding carboxylic acids is 2. The minimum absolute atomic E-state index is 0.0324. The molecule has 1 aliphatic rings. The van der Waals surface area contributed by atoms with Crippen molar-refractivity contribution in [3.8, 4) is 0 Å². The van der Waals surface area contributed by atoms with Gasteiger partial charge in [-0.25, -0.2) is 9.97 Å². The Bertz CT molecular complexity index is 601. The van der Waals surface area contributed by atoms with Crippen LogP contribution in [0, 0.1) is 0 Å². The molecule has 0 atom stereocenters. The molecule has 1 saturated heterocycles. The summed E-state index contributed by atoms with van der Waals surface area (Å²) in [4.78, 5) is 34.7. The summed E-state index contributed by atoms with van der Waals surface area (Å²) in [5.74, 6) is -0.422. The van der Waals surface area contributed by atoms with Crippen LogP contribution >= 0.6 is 0 Å². The highest BCUT2D eigenvalue weighted by atomic mass is 16.3. The largest absolute Gasteiger partial charge is 0.451 e. The molecule has 0 aliphatic carbocycles. The molecular weight excluding hydrogens is 264 g/mol. The number of rotatable bonds is 3. The molecule has 0 unspecified atom stereocenters. The summed E-state index contributed by atoms with van der Waals surface area (Å²) in [5, 5.41) is 0. The van der Waals surface area contributed by atoms with Crippen LogP contribution in [0.3, 0.4) is 0 Å². The second kappa shape index (κ2) is 4.80. The van der Waals surface area contributed by atoms with Gasteiger partial charge < -0.3 is 18.6 Å². The third-order valence-electron chi connectivity index (χ3n) is 3.32. The van der Waals surface area contributed by atoms with E-state index in [1.165, 1.54) is 25.3 Å². The summed E-state index contributed by atoms with van der Waals surface area (Å²) in [6, 6.07) is -0.0324. The van der Waals surface area contributed by atoms with Gasteiger partial charge in [0, 0.05) is 20.1 Å². The van der Waals surface area contributed by atoms with Crippen LogP contribution in [0.15, 0.2) is 34.1 Å². The molecule has 2 amide bonds. The number of hydrogen-bond donors (Lipinski definition) is 0. The van der Waals surface area contributed by atoms with Crippen molar-refractivity contribution in [2.75, 3.05) is 20.1 Å². The van der Waals surface area contributed by atoms with Crippen LogP contribution in [0.2, 0.25) is 0 Å². The van der Waals surface area contributed by atoms with Gasteiger partial charge in [-0.05, 0) is 0 Å². The zero-order valence-corrected chi connectivity index (χ0v) is 10.7. The van der Waals surface area contributed by atoms with E-state index in [-0.39, 0.29) is 29.2 Å². The zero-order chi connectivity index (χ0) is 14.1. The Labute approximate surface area is 114 Å². The predicted molar refractivity (Wildman–Crippen MR) is 64.8 cm³/mol. The number of oxazole rings is 2. The molecule has 3 rings (SSSR count). The maximum atomic E-state index is 12.0. The van der Waals surface area contributed by atoms with Crippen LogP contribution in [-0.2, 0) is 0 Å². The minimum Gasteiger partial charge on any atom is -0.451 e. The van der Waals surface area contributed by atoms with E-state index >= 15 is 0 Å². The van der Waals surface area contributed by atoms with Gasteiger partial charge in [0.2, 0.25) is 0 Å². The van der Waals surface area contributed by atoms with Gasteiger partial charge >= 0.3 is 0 Å². The number of amides is 2. The average molecular weight is 276 g/mol. The fraction of sp³-hybridized carbons (Fsp3) is 0.333. The van der Waals surface area contributed by atoms with E-state index in [1.54, 1.807) is 16.8 Å². The minimum atomic E-state index is -0.225. The van der Waals surface area contributed by atoms with Gasteiger partial charge in [-0.15, -0.1) is 0 Å². The Kier molecular flexibility index (Phi) is 2.97. The zero-order valence-electron chi connectivity index (χ0n) is 10.7. The normalized spacial score (nSPS) is 14.9. The lowest BCUT2D eigenvalue weighted by Gasteiger charge is -2.43. The summed E-state index contributed by atoms with van der Waals surface area (Å²) in [5.41, 5.74) is 0.530. The molecule has 0 aromatic carbocycles. The maximum absolute atomic E-state index is 12.0. The fourth-order valence-electron chi connectivity index (χ4n) is 2.01. The van der Waals surface area contributed by atoms with Crippen molar-refractivity contribution in [2.45, 2.75) is 6.04 Å². The first-order valence-corrected chi connectivity index (χ1v) is 5.99. The first-order valence-electron chi connectivity index (χ1n) is 5.99. The van der Waals surface area contributed by atoms with Crippen molar-refractivity contribution >= 4 is 11.8 Å². The molecule has 2 aromatic rings. The van der Waals surface area contributed by atoms with Crippen molar-refractivity contribution in [3.63, 3.8) is 0 Å². The highest BCUT2D eigenvalue weighted by Gasteiger charge is 2.37. The Morgan fingerprint density at radius 2 is 1.80 bits per heavy atom. The smallest absolute Gasteiger partial charge is 0.275 e. The molecule has 104 valence electrons. The average Bonchev–Trinajstić information content (AvgIpc) is 3.08. The van der Waals surface area contributed by atoms with Crippen LogP contribution in [0.5, 0.6) is 0 Å². The Morgan fingerprint density at radius 3 is 2.35 bits per heavy atom. The number of nitrogens with zero attached hydrogens (tertiary/aromatic N) is 4. The van der Waals surface area contributed by atoms with Gasteiger partial charge in [0.05, 0.1) is 6.04 Å². The lowest BCUT2D eigenvalue weighted by molar-refractivity contribution is 0.0290. The van der Waals surface area contributed by atoms with E-state index in [2.05, 4.69) is 9.97 Å². The standard InChI is InChI=1S/C12H12N4O4/c1-15(11(17)9-4-19-6-13-9)8-2-16(3-8)12(18)10-5-20-7-14-10/h4-8H,2-3H2,1H3. The van der Waals surface area contributed by atoms with Crippen LogP contribution in [0.25, 0.3) is 0 Å². The molecule has 0 saturated carbocycles. The molecule has 0 radical (unpaired) electrons. The summed E-state index contributed by atoms with van der Waals surface area (Å²) in [6.07, 6.45) is 5.03. The summed E-state index contributed by atoms with van der Waals surface area (Å²) in [7, 11) is 1.68. The summed E-state index contributed by atoms with van der Waals surface area (Å²) in [6.45, 7) is 0.928. The molecule has 3 heterocycles. The highest BCUT2D eigenvalue weighted by molar-refractivity contribution is 5.94. The Hall–Kier alpha value is -2.64. The lowest BCUT2D eigenvalue weighted by atomic mass is 10.1. The van der Waals surface area contributed by atoms with Gasteiger partial charge in [0.1, 0.15) is 12.5 Å². The molecule has 0 spiro atoms. The van der Waals surface area contributed by atoms with E-state index in [9.17, 15) is 9.59 Å². The molecule has 1 aliphatic heterocycles. The topological polar surface area (TPSA) is 92.7 Å². The van der Waals surface area contributed by atoms with E-state index in [1.807, 2.05) is 0 Å². The van der Waals surface area contributed by atoms with Crippen LogP contribution in [0.4, 0.5) is 0 Å². The quantitative estimate of drug-likeness (QED) is 0.798. The van der Waals surface area contributed by atoms with Crippen molar-refractivity contribution in [1.29, 1.82) is 0 Å². The molecule has 0 N–H and O–H groups in total. The van der Waals surface area contributed by atoms with Crippen molar-refractivity contribution in [2.24, 2.45) is 0 Å². The van der Waals surface area contributed by atoms with Crippen LogP contribution in [-0.4, -0.2) is 57.8 Å². The van der Waals surface area contributed by atoms with Gasteiger partial charge in [-0.1, -0.05) is 0 Å². The van der Waals surface area contributed by atoms with Crippen molar-refractivity contribution in [3.05, 3.63) is 36.7 Å². The summed E-state index contributed by atoms with van der Waals surface area (Å²) < 4.78 is 9.56. The predicted octanol–water partition coefficient (Wildman–Crippen LogP) is 0.259. The van der Waals surface area contributed by atoms with Gasteiger partial charge in [0.25, 0.3) is 11.8 Å². The second-order valence-corrected chi connectivity index (χ2v) is 4.53. The van der Waals surface area contributed by atoms with E-state index in [0.29, 0.717) is 13.1 Å².